The van der Waals surface area contributed by atoms with Gasteiger partial charge < -0.3 is 5.21 Å². The van der Waals surface area contributed by atoms with Gasteiger partial charge in [0, 0.05) is 5.41 Å². The molecular weight excluding hydrogens is 258 g/mol. The zero-order valence-corrected chi connectivity index (χ0v) is 13.8. The summed E-state index contributed by atoms with van der Waals surface area (Å²) in [6.07, 6.45) is 13.8. The lowest BCUT2D eigenvalue weighted by molar-refractivity contribution is -0.0938. The van der Waals surface area contributed by atoms with E-state index in [4.69, 9.17) is 0 Å². The van der Waals surface area contributed by atoms with E-state index in [2.05, 4.69) is 19.0 Å². The molecule has 0 amide bonds. The molecule has 0 bridgehead atoms. The molecule has 0 aromatic carbocycles. The molecular formula is C19H31NO. The van der Waals surface area contributed by atoms with Gasteiger partial charge in [0.15, 0.2) is 0 Å². The van der Waals surface area contributed by atoms with Gasteiger partial charge in [-0.15, -0.1) is 0 Å². The van der Waals surface area contributed by atoms with E-state index in [1.165, 1.54) is 57.8 Å². The van der Waals surface area contributed by atoms with E-state index in [9.17, 15) is 5.21 Å². The molecule has 4 saturated carbocycles. The van der Waals surface area contributed by atoms with E-state index in [1.54, 1.807) is 0 Å². The summed E-state index contributed by atoms with van der Waals surface area (Å²) < 4.78 is 0. The lowest BCUT2D eigenvalue weighted by Crippen LogP contribution is -2.52. The summed E-state index contributed by atoms with van der Waals surface area (Å²) in [6, 6.07) is 0. The van der Waals surface area contributed by atoms with E-state index in [0.717, 1.165) is 35.8 Å². The van der Waals surface area contributed by atoms with Gasteiger partial charge in [-0.1, -0.05) is 31.8 Å². The molecule has 4 aliphatic rings. The highest BCUT2D eigenvalue weighted by molar-refractivity contribution is 5.91. The van der Waals surface area contributed by atoms with Crippen LogP contribution in [0.3, 0.4) is 0 Å². The molecule has 4 fully saturated rings. The van der Waals surface area contributed by atoms with Crippen LogP contribution in [-0.2, 0) is 0 Å². The molecule has 6 atom stereocenters. The van der Waals surface area contributed by atoms with E-state index in [0.29, 0.717) is 5.41 Å². The number of nitrogens with zero attached hydrogens (tertiary/aromatic N) is 1. The van der Waals surface area contributed by atoms with Gasteiger partial charge in [0.25, 0.3) is 0 Å². The lowest BCUT2D eigenvalue weighted by Gasteiger charge is -2.59. The Bertz CT molecular complexity index is 458. The molecule has 0 unspecified atom stereocenters. The summed E-state index contributed by atoms with van der Waals surface area (Å²) >= 11 is 0. The Hall–Kier alpha value is -0.530. The number of hydrogen-bond acceptors (Lipinski definition) is 2. The van der Waals surface area contributed by atoms with E-state index in [1.807, 2.05) is 0 Å². The number of hydrogen-bond donors (Lipinski definition) is 1. The summed E-state index contributed by atoms with van der Waals surface area (Å²) in [4.78, 5) is 0. The Kier molecular flexibility index (Phi) is 3.17. The Morgan fingerprint density at radius 1 is 0.952 bits per heavy atom. The maximum Gasteiger partial charge on any atom is 0.0632 e. The van der Waals surface area contributed by atoms with Gasteiger partial charge in [-0.3, -0.25) is 0 Å². The fourth-order valence-corrected chi connectivity index (χ4v) is 7.25. The minimum absolute atomic E-state index is 0.216. The van der Waals surface area contributed by atoms with Crippen molar-refractivity contribution in [2.45, 2.75) is 78.1 Å². The molecule has 118 valence electrons. The summed E-state index contributed by atoms with van der Waals surface area (Å²) in [7, 11) is 0. The summed E-state index contributed by atoms with van der Waals surface area (Å²) in [6.45, 7) is 5.03. The molecule has 21 heavy (non-hydrogen) atoms. The van der Waals surface area contributed by atoms with Gasteiger partial charge >= 0.3 is 0 Å². The predicted octanol–water partition coefficient (Wildman–Crippen LogP) is 5.25. The van der Waals surface area contributed by atoms with Crippen LogP contribution < -0.4 is 0 Å². The van der Waals surface area contributed by atoms with Gasteiger partial charge in [-0.05, 0) is 80.5 Å². The Labute approximate surface area is 129 Å². The second-order valence-corrected chi connectivity index (χ2v) is 8.94. The molecule has 0 saturated heterocycles. The predicted molar refractivity (Wildman–Crippen MR) is 85.6 cm³/mol. The van der Waals surface area contributed by atoms with Crippen molar-refractivity contribution in [2.75, 3.05) is 0 Å². The molecule has 0 aliphatic heterocycles. The van der Waals surface area contributed by atoms with Crippen LogP contribution in [0.2, 0.25) is 0 Å². The quantitative estimate of drug-likeness (QED) is 0.479. The summed E-state index contributed by atoms with van der Waals surface area (Å²) in [5, 5.41) is 13.1. The summed E-state index contributed by atoms with van der Waals surface area (Å²) in [5.74, 6) is 3.65. The average Bonchev–Trinajstić information content (AvgIpc) is 2.83. The molecule has 0 radical (unpaired) electrons. The van der Waals surface area contributed by atoms with Crippen LogP contribution in [0.1, 0.15) is 78.1 Å². The maximum atomic E-state index is 9.39. The first-order valence-corrected chi connectivity index (χ1v) is 9.31. The standard InChI is InChI=1S/C19H31NO/c1-18-11-4-3-5-13(18)6-7-14-15-8-9-17(20-21)19(15,2)12-10-16(14)18/h13-16,21H,3-12H2,1-2H3/b20-17-/t13-,14+,15-,16+,18-,19-/m1/s1. The van der Waals surface area contributed by atoms with Crippen LogP contribution >= 0.6 is 0 Å². The van der Waals surface area contributed by atoms with E-state index in [-0.39, 0.29) is 5.41 Å². The first-order valence-electron chi connectivity index (χ1n) is 9.31. The largest absolute Gasteiger partial charge is 0.411 e. The third-order valence-electron chi connectivity index (χ3n) is 8.44. The first-order chi connectivity index (χ1) is 10.1. The molecule has 0 aromatic rings. The van der Waals surface area contributed by atoms with E-state index >= 15 is 0 Å². The highest BCUT2D eigenvalue weighted by Crippen LogP contribution is 2.65. The second-order valence-electron chi connectivity index (χ2n) is 8.94. The highest BCUT2D eigenvalue weighted by atomic mass is 16.4. The smallest absolute Gasteiger partial charge is 0.0632 e. The third-order valence-corrected chi connectivity index (χ3v) is 8.44. The normalized spacial score (nSPS) is 54.9. The maximum absolute atomic E-state index is 9.39. The Balaban J connectivity index is 1.66. The van der Waals surface area contributed by atoms with Crippen molar-refractivity contribution >= 4 is 5.71 Å². The van der Waals surface area contributed by atoms with Crippen LogP contribution in [0.5, 0.6) is 0 Å². The SMILES string of the molecule is C[C@@]12CCCC[C@@H]1CC[C@H]1[C@H]3CC/C(=N/O)[C@]3(C)CC[C@@H]12. The van der Waals surface area contributed by atoms with Crippen molar-refractivity contribution in [1.82, 2.24) is 0 Å². The first kappa shape index (κ1) is 14.1. The third kappa shape index (κ3) is 1.80. The van der Waals surface area contributed by atoms with Gasteiger partial charge in [0.05, 0.1) is 5.71 Å². The number of rotatable bonds is 0. The zero-order valence-electron chi connectivity index (χ0n) is 13.8. The zero-order chi connectivity index (χ0) is 14.7. The number of oxime groups is 1. The van der Waals surface area contributed by atoms with Crippen molar-refractivity contribution < 1.29 is 5.21 Å². The molecule has 4 aliphatic carbocycles. The topological polar surface area (TPSA) is 32.6 Å². The van der Waals surface area contributed by atoms with Crippen molar-refractivity contribution in [1.29, 1.82) is 0 Å². The van der Waals surface area contributed by atoms with Gasteiger partial charge in [0.1, 0.15) is 0 Å². The van der Waals surface area contributed by atoms with Crippen molar-refractivity contribution in [2.24, 2.45) is 39.7 Å². The molecule has 0 spiro atoms. The fourth-order valence-electron chi connectivity index (χ4n) is 7.25. The van der Waals surface area contributed by atoms with Crippen molar-refractivity contribution in [3.8, 4) is 0 Å². The monoisotopic (exact) mass is 289 g/mol. The Morgan fingerprint density at radius 2 is 1.81 bits per heavy atom. The molecule has 2 nitrogen and oxygen atoms in total. The van der Waals surface area contributed by atoms with Crippen LogP contribution in [0.4, 0.5) is 0 Å². The van der Waals surface area contributed by atoms with Crippen LogP contribution in [0.15, 0.2) is 5.16 Å². The molecule has 1 N–H and O–H groups in total. The summed E-state index contributed by atoms with van der Waals surface area (Å²) in [5.41, 5.74) is 1.96. The van der Waals surface area contributed by atoms with Crippen LogP contribution in [-0.4, -0.2) is 10.9 Å². The fraction of sp³-hybridized carbons (Fsp3) is 0.947. The molecule has 0 aromatic heterocycles. The van der Waals surface area contributed by atoms with Gasteiger partial charge in [-0.25, -0.2) is 0 Å². The minimum Gasteiger partial charge on any atom is -0.411 e. The van der Waals surface area contributed by atoms with Gasteiger partial charge in [0.2, 0.25) is 0 Å². The van der Waals surface area contributed by atoms with E-state index < -0.39 is 0 Å². The van der Waals surface area contributed by atoms with Crippen molar-refractivity contribution in [3.05, 3.63) is 0 Å². The van der Waals surface area contributed by atoms with Crippen LogP contribution in [0.25, 0.3) is 0 Å². The molecule has 4 rings (SSSR count). The minimum atomic E-state index is 0.216. The second kappa shape index (κ2) is 4.73. The van der Waals surface area contributed by atoms with Crippen molar-refractivity contribution in [3.63, 3.8) is 0 Å². The number of fused-ring (bicyclic) bond motifs is 5. The molecule has 2 heteroatoms. The lowest BCUT2D eigenvalue weighted by atomic mass is 9.45. The Morgan fingerprint density at radius 3 is 2.62 bits per heavy atom. The average molecular weight is 289 g/mol. The van der Waals surface area contributed by atoms with Crippen LogP contribution in [0, 0.1) is 34.5 Å². The highest BCUT2D eigenvalue weighted by Gasteiger charge is 2.59. The van der Waals surface area contributed by atoms with Gasteiger partial charge in [-0.2, -0.15) is 0 Å². The molecule has 0 heterocycles.